The maximum atomic E-state index is 13.7. The van der Waals surface area contributed by atoms with Gasteiger partial charge in [0.15, 0.2) is 10.8 Å². The molecule has 27 heavy (non-hydrogen) atoms. The SMILES string of the molecule is Cc1ccc(-c2nc(CC(=O)NCCCN(C)c3ccccc3F)cs2)o1. The van der Waals surface area contributed by atoms with Crippen molar-refractivity contribution >= 4 is 22.9 Å². The lowest BCUT2D eigenvalue weighted by Gasteiger charge is -2.19. The van der Waals surface area contributed by atoms with E-state index < -0.39 is 0 Å². The Morgan fingerprint density at radius 1 is 1.30 bits per heavy atom. The average molecular weight is 387 g/mol. The molecule has 0 atom stereocenters. The van der Waals surface area contributed by atoms with E-state index in [1.54, 1.807) is 12.1 Å². The first kappa shape index (κ1) is 19.1. The standard InChI is InChI=1S/C20H22FN3O2S/c1-14-8-9-18(26-14)20-23-15(13-27-20)12-19(25)22-10-5-11-24(2)17-7-4-3-6-16(17)21/h3-4,6-9,13H,5,10-12H2,1-2H3,(H,22,25). The second kappa shape index (κ2) is 8.81. The Morgan fingerprint density at radius 3 is 2.85 bits per heavy atom. The van der Waals surface area contributed by atoms with Crippen molar-refractivity contribution in [2.75, 3.05) is 25.0 Å². The summed E-state index contributed by atoms with van der Waals surface area (Å²) in [5.41, 5.74) is 1.29. The maximum Gasteiger partial charge on any atom is 0.226 e. The quantitative estimate of drug-likeness (QED) is 0.593. The molecule has 3 aromatic rings. The molecule has 0 spiro atoms. The summed E-state index contributed by atoms with van der Waals surface area (Å²) in [7, 11) is 1.84. The molecule has 142 valence electrons. The van der Waals surface area contributed by atoms with Gasteiger partial charge in [0, 0.05) is 25.5 Å². The fourth-order valence-corrected chi connectivity index (χ4v) is 3.48. The van der Waals surface area contributed by atoms with Crippen LogP contribution in [-0.2, 0) is 11.2 Å². The van der Waals surface area contributed by atoms with Gasteiger partial charge in [-0.1, -0.05) is 12.1 Å². The summed E-state index contributed by atoms with van der Waals surface area (Å²) >= 11 is 1.46. The molecular weight excluding hydrogens is 365 g/mol. The van der Waals surface area contributed by atoms with Crippen molar-refractivity contribution in [3.8, 4) is 10.8 Å². The van der Waals surface area contributed by atoms with E-state index in [9.17, 15) is 9.18 Å². The number of furan rings is 1. The van der Waals surface area contributed by atoms with Crippen molar-refractivity contribution in [1.29, 1.82) is 0 Å². The number of para-hydroxylation sites is 1. The molecule has 2 heterocycles. The number of carbonyl (C=O) groups excluding carboxylic acids is 1. The van der Waals surface area contributed by atoms with Crippen molar-refractivity contribution < 1.29 is 13.6 Å². The molecule has 0 aliphatic carbocycles. The predicted octanol–water partition coefficient (Wildman–Crippen LogP) is 4.04. The number of amides is 1. The lowest BCUT2D eigenvalue weighted by molar-refractivity contribution is -0.120. The second-order valence-electron chi connectivity index (χ2n) is 6.31. The normalized spacial score (nSPS) is 10.8. The number of nitrogens with one attached hydrogen (secondary N) is 1. The van der Waals surface area contributed by atoms with Crippen LogP contribution in [0.5, 0.6) is 0 Å². The number of thiazole rings is 1. The van der Waals surface area contributed by atoms with Gasteiger partial charge in [0.25, 0.3) is 0 Å². The number of aryl methyl sites for hydroxylation is 1. The van der Waals surface area contributed by atoms with Crippen LogP contribution >= 0.6 is 11.3 Å². The van der Waals surface area contributed by atoms with Gasteiger partial charge in [0.05, 0.1) is 17.8 Å². The van der Waals surface area contributed by atoms with Crippen LogP contribution in [0.3, 0.4) is 0 Å². The summed E-state index contributed by atoms with van der Waals surface area (Å²) in [5.74, 6) is 1.24. The molecule has 1 amide bonds. The van der Waals surface area contributed by atoms with Crippen LogP contribution in [0.1, 0.15) is 17.9 Å². The predicted molar refractivity (Wildman–Crippen MR) is 106 cm³/mol. The Kier molecular flexibility index (Phi) is 6.24. The number of aromatic nitrogens is 1. The first-order valence-electron chi connectivity index (χ1n) is 8.76. The zero-order chi connectivity index (χ0) is 19.2. The average Bonchev–Trinajstić information content (AvgIpc) is 3.28. The Morgan fingerprint density at radius 2 is 2.11 bits per heavy atom. The van der Waals surface area contributed by atoms with Gasteiger partial charge in [-0.25, -0.2) is 9.37 Å². The number of rotatable bonds is 8. The van der Waals surface area contributed by atoms with Crippen molar-refractivity contribution in [2.45, 2.75) is 19.8 Å². The number of nitrogens with zero attached hydrogens (tertiary/aromatic N) is 2. The minimum Gasteiger partial charge on any atom is -0.459 e. The molecule has 0 fully saturated rings. The Labute approximate surface area is 161 Å². The van der Waals surface area contributed by atoms with Gasteiger partial charge >= 0.3 is 0 Å². The van der Waals surface area contributed by atoms with Gasteiger partial charge in [-0.15, -0.1) is 11.3 Å². The Hall–Kier alpha value is -2.67. The fraction of sp³-hybridized carbons (Fsp3) is 0.300. The molecule has 2 aromatic heterocycles. The van der Waals surface area contributed by atoms with Crippen LogP contribution in [-0.4, -0.2) is 31.0 Å². The molecule has 0 aliphatic rings. The van der Waals surface area contributed by atoms with Gasteiger partial charge in [-0.3, -0.25) is 4.79 Å². The first-order chi connectivity index (χ1) is 13.0. The topological polar surface area (TPSA) is 58.4 Å². The molecule has 0 bridgehead atoms. The van der Waals surface area contributed by atoms with E-state index in [1.165, 1.54) is 17.4 Å². The number of hydrogen-bond acceptors (Lipinski definition) is 5. The molecule has 0 saturated carbocycles. The van der Waals surface area contributed by atoms with Gasteiger partial charge in [0.1, 0.15) is 11.6 Å². The first-order valence-corrected chi connectivity index (χ1v) is 9.64. The largest absolute Gasteiger partial charge is 0.459 e. The number of benzene rings is 1. The Balaban J connectivity index is 1.41. The number of hydrogen-bond donors (Lipinski definition) is 1. The minimum atomic E-state index is -0.241. The van der Waals surface area contributed by atoms with Crippen LogP contribution < -0.4 is 10.2 Å². The maximum absolute atomic E-state index is 13.7. The summed E-state index contributed by atoms with van der Waals surface area (Å²) < 4.78 is 19.3. The summed E-state index contributed by atoms with van der Waals surface area (Å²) in [5, 5.41) is 5.54. The molecule has 3 rings (SSSR count). The molecule has 7 heteroatoms. The molecule has 1 N–H and O–H groups in total. The third-order valence-electron chi connectivity index (χ3n) is 4.10. The number of halogens is 1. The van der Waals surface area contributed by atoms with Crippen LogP contribution in [0.4, 0.5) is 10.1 Å². The van der Waals surface area contributed by atoms with E-state index in [2.05, 4.69) is 10.3 Å². The van der Waals surface area contributed by atoms with Crippen LogP contribution in [0.2, 0.25) is 0 Å². The molecule has 1 aromatic carbocycles. The van der Waals surface area contributed by atoms with Crippen LogP contribution in [0, 0.1) is 12.7 Å². The zero-order valence-corrected chi connectivity index (χ0v) is 16.2. The van der Waals surface area contributed by atoms with E-state index in [0.29, 0.717) is 18.8 Å². The highest BCUT2D eigenvalue weighted by Gasteiger charge is 2.11. The minimum absolute atomic E-state index is 0.0731. The van der Waals surface area contributed by atoms with E-state index in [0.717, 1.165) is 28.6 Å². The third-order valence-corrected chi connectivity index (χ3v) is 5.01. The van der Waals surface area contributed by atoms with E-state index in [4.69, 9.17) is 4.42 Å². The molecule has 5 nitrogen and oxygen atoms in total. The van der Waals surface area contributed by atoms with Gasteiger partial charge < -0.3 is 14.6 Å². The van der Waals surface area contributed by atoms with Crippen molar-refractivity contribution in [3.05, 3.63) is 59.0 Å². The Bertz CT molecular complexity index is 906. The summed E-state index contributed by atoms with van der Waals surface area (Å²) in [6.45, 7) is 3.07. The van der Waals surface area contributed by atoms with Crippen molar-refractivity contribution in [1.82, 2.24) is 10.3 Å². The molecule has 0 radical (unpaired) electrons. The van der Waals surface area contributed by atoms with E-state index in [-0.39, 0.29) is 18.1 Å². The molecular formula is C20H22FN3O2S. The highest BCUT2D eigenvalue weighted by Crippen LogP contribution is 2.25. The van der Waals surface area contributed by atoms with Crippen LogP contribution in [0.15, 0.2) is 46.2 Å². The summed E-state index contributed by atoms with van der Waals surface area (Å²) in [4.78, 5) is 18.4. The smallest absolute Gasteiger partial charge is 0.226 e. The fourth-order valence-electron chi connectivity index (χ4n) is 2.70. The van der Waals surface area contributed by atoms with E-state index in [1.807, 2.05) is 42.5 Å². The molecule has 0 saturated heterocycles. The molecule has 0 aliphatic heterocycles. The lowest BCUT2D eigenvalue weighted by Crippen LogP contribution is -2.29. The van der Waals surface area contributed by atoms with Gasteiger partial charge in [-0.05, 0) is 37.6 Å². The zero-order valence-electron chi connectivity index (χ0n) is 15.4. The molecule has 0 unspecified atom stereocenters. The van der Waals surface area contributed by atoms with Gasteiger partial charge in [0.2, 0.25) is 5.91 Å². The van der Waals surface area contributed by atoms with Crippen molar-refractivity contribution in [2.24, 2.45) is 0 Å². The summed E-state index contributed by atoms with van der Waals surface area (Å²) in [6, 6.07) is 10.4. The second-order valence-corrected chi connectivity index (χ2v) is 7.17. The third kappa shape index (κ3) is 5.17. The van der Waals surface area contributed by atoms with Crippen LogP contribution in [0.25, 0.3) is 10.8 Å². The highest BCUT2D eigenvalue weighted by atomic mass is 32.1. The monoisotopic (exact) mass is 387 g/mol. The number of anilines is 1. The highest BCUT2D eigenvalue weighted by molar-refractivity contribution is 7.13. The van der Waals surface area contributed by atoms with Gasteiger partial charge in [-0.2, -0.15) is 0 Å². The number of carbonyl (C=O) groups is 1. The lowest BCUT2D eigenvalue weighted by atomic mass is 10.2. The van der Waals surface area contributed by atoms with Crippen molar-refractivity contribution in [3.63, 3.8) is 0 Å². The summed E-state index contributed by atoms with van der Waals surface area (Å²) in [6.07, 6.45) is 0.962. The van der Waals surface area contributed by atoms with E-state index >= 15 is 0 Å².